The van der Waals surface area contributed by atoms with E-state index in [2.05, 4.69) is 10.4 Å². The normalized spacial score (nSPS) is 16.8. The summed E-state index contributed by atoms with van der Waals surface area (Å²) in [6, 6.07) is 7.26. The Morgan fingerprint density at radius 1 is 1.42 bits per heavy atom. The molecule has 0 saturated carbocycles. The molecule has 2 heterocycles. The zero-order valence-electron chi connectivity index (χ0n) is 15.4. The fourth-order valence-corrected chi connectivity index (χ4v) is 2.84. The van der Waals surface area contributed by atoms with Crippen molar-refractivity contribution in [1.82, 2.24) is 14.7 Å². The predicted molar refractivity (Wildman–Crippen MR) is 99.6 cm³/mol. The lowest BCUT2D eigenvalue weighted by atomic mass is 10.2. The first-order valence-electron chi connectivity index (χ1n) is 8.94. The Morgan fingerprint density at radius 3 is 3.04 bits per heavy atom. The van der Waals surface area contributed by atoms with E-state index in [0.717, 1.165) is 26.0 Å². The van der Waals surface area contributed by atoms with Crippen LogP contribution in [0, 0.1) is 0 Å². The van der Waals surface area contributed by atoms with Crippen molar-refractivity contribution in [3.63, 3.8) is 0 Å². The number of likely N-dealkylation sites (N-methyl/N-ethyl adjacent to an activating group) is 1. The summed E-state index contributed by atoms with van der Waals surface area (Å²) in [5, 5.41) is 7.19. The SMILES string of the molecule is CN(C)CCOc1ccccc1C(=O)Nc1cnn(CC2CCCO2)c1. The van der Waals surface area contributed by atoms with Crippen LogP contribution >= 0.6 is 0 Å². The molecule has 1 aliphatic rings. The Kier molecular flexibility index (Phi) is 6.25. The van der Waals surface area contributed by atoms with Crippen LogP contribution in [0.1, 0.15) is 23.2 Å². The minimum atomic E-state index is -0.206. The number of aromatic nitrogens is 2. The van der Waals surface area contributed by atoms with E-state index in [9.17, 15) is 4.79 Å². The van der Waals surface area contributed by atoms with Gasteiger partial charge in [0.1, 0.15) is 12.4 Å². The second-order valence-corrected chi connectivity index (χ2v) is 6.69. The van der Waals surface area contributed by atoms with Gasteiger partial charge < -0.3 is 19.7 Å². The topological polar surface area (TPSA) is 68.6 Å². The monoisotopic (exact) mass is 358 g/mol. The van der Waals surface area contributed by atoms with Gasteiger partial charge in [-0.25, -0.2) is 0 Å². The third-order valence-corrected chi connectivity index (χ3v) is 4.23. The van der Waals surface area contributed by atoms with Crippen LogP contribution in [0.4, 0.5) is 5.69 Å². The number of benzene rings is 1. The number of carbonyl (C=O) groups excluding carboxylic acids is 1. The lowest BCUT2D eigenvalue weighted by Gasteiger charge is -2.13. The highest BCUT2D eigenvalue weighted by atomic mass is 16.5. The van der Waals surface area contributed by atoms with Gasteiger partial charge in [-0.1, -0.05) is 12.1 Å². The molecule has 1 fully saturated rings. The van der Waals surface area contributed by atoms with Crippen molar-refractivity contribution in [2.24, 2.45) is 0 Å². The first-order chi connectivity index (χ1) is 12.6. The number of para-hydroxylation sites is 1. The van der Waals surface area contributed by atoms with Crippen LogP contribution in [0.25, 0.3) is 0 Å². The van der Waals surface area contributed by atoms with Gasteiger partial charge in [-0.3, -0.25) is 9.48 Å². The molecule has 1 amide bonds. The summed E-state index contributed by atoms with van der Waals surface area (Å²) in [4.78, 5) is 14.7. The van der Waals surface area contributed by atoms with Crippen molar-refractivity contribution < 1.29 is 14.3 Å². The largest absolute Gasteiger partial charge is 0.491 e. The molecule has 0 radical (unpaired) electrons. The van der Waals surface area contributed by atoms with Crippen LogP contribution in [-0.4, -0.2) is 60.5 Å². The Balaban J connectivity index is 1.60. The zero-order chi connectivity index (χ0) is 18.4. The van der Waals surface area contributed by atoms with Crippen LogP contribution < -0.4 is 10.1 Å². The number of hydrogen-bond donors (Lipinski definition) is 1. The minimum Gasteiger partial charge on any atom is -0.491 e. The molecule has 140 valence electrons. The van der Waals surface area contributed by atoms with E-state index in [1.54, 1.807) is 12.3 Å². The van der Waals surface area contributed by atoms with Crippen molar-refractivity contribution in [2.45, 2.75) is 25.5 Å². The molecule has 1 aromatic heterocycles. The van der Waals surface area contributed by atoms with Crippen molar-refractivity contribution >= 4 is 11.6 Å². The van der Waals surface area contributed by atoms with E-state index >= 15 is 0 Å². The summed E-state index contributed by atoms with van der Waals surface area (Å²) in [5.74, 6) is 0.376. The number of carbonyl (C=O) groups is 1. The molecule has 1 aliphatic heterocycles. The molecule has 1 N–H and O–H groups in total. The average molecular weight is 358 g/mol. The maximum Gasteiger partial charge on any atom is 0.259 e. The fraction of sp³-hybridized carbons (Fsp3) is 0.474. The molecule has 26 heavy (non-hydrogen) atoms. The third-order valence-electron chi connectivity index (χ3n) is 4.23. The predicted octanol–water partition coefficient (Wildman–Crippen LogP) is 2.25. The molecule has 0 spiro atoms. The van der Waals surface area contributed by atoms with E-state index < -0.39 is 0 Å². The van der Waals surface area contributed by atoms with Gasteiger partial charge in [-0.15, -0.1) is 0 Å². The number of hydrogen-bond acceptors (Lipinski definition) is 5. The van der Waals surface area contributed by atoms with Crippen LogP contribution in [-0.2, 0) is 11.3 Å². The maximum atomic E-state index is 12.6. The molecular formula is C19H26N4O3. The van der Waals surface area contributed by atoms with Crippen LogP contribution in [0.15, 0.2) is 36.7 Å². The van der Waals surface area contributed by atoms with E-state index in [1.807, 2.05) is 48.1 Å². The highest BCUT2D eigenvalue weighted by Crippen LogP contribution is 2.20. The third kappa shape index (κ3) is 5.06. The molecule has 7 nitrogen and oxygen atoms in total. The van der Waals surface area contributed by atoms with Gasteiger partial charge in [0.15, 0.2) is 0 Å². The van der Waals surface area contributed by atoms with Gasteiger partial charge >= 0.3 is 0 Å². The summed E-state index contributed by atoms with van der Waals surface area (Å²) in [6.07, 6.45) is 5.85. The molecular weight excluding hydrogens is 332 g/mol. The summed E-state index contributed by atoms with van der Waals surface area (Å²) in [6.45, 7) is 2.84. The van der Waals surface area contributed by atoms with Gasteiger partial charge in [0.2, 0.25) is 0 Å². The van der Waals surface area contributed by atoms with Crippen molar-refractivity contribution in [3.8, 4) is 5.75 Å². The summed E-state index contributed by atoms with van der Waals surface area (Å²) < 4.78 is 13.2. The first-order valence-corrected chi connectivity index (χ1v) is 8.94. The van der Waals surface area contributed by atoms with E-state index in [0.29, 0.717) is 30.2 Å². The molecule has 1 unspecified atom stereocenters. The number of amides is 1. The number of rotatable bonds is 8. The zero-order valence-corrected chi connectivity index (χ0v) is 15.4. The van der Waals surface area contributed by atoms with E-state index in [1.165, 1.54) is 0 Å². The Labute approximate surface area is 153 Å². The lowest BCUT2D eigenvalue weighted by Crippen LogP contribution is -2.20. The highest BCUT2D eigenvalue weighted by molar-refractivity contribution is 6.06. The quantitative estimate of drug-likeness (QED) is 0.784. The standard InChI is InChI=1S/C19H26N4O3/c1-22(2)9-11-26-18-8-4-3-7-17(18)19(24)21-15-12-20-23(13-15)14-16-6-5-10-25-16/h3-4,7-8,12-13,16H,5-6,9-11,14H2,1-2H3,(H,21,24). The van der Waals surface area contributed by atoms with Gasteiger partial charge in [0, 0.05) is 19.3 Å². The summed E-state index contributed by atoms with van der Waals surface area (Å²) in [7, 11) is 3.96. The van der Waals surface area contributed by atoms with Crippen molar-refractivity contribution in [2.75, 3.05) is 39.2 Å². The molecule has 0 aliphatic carbocycles. The van der Waals surface area contributed by atoms with Crippen LogP contribution in [0.2, 0.25) is 0 Å². The average Bonchev–Trinajstić information content (AvgIpc) is 3.27. The Morgan fingerprint density at radius 2 is 2.27 bits per heavy atom. The van der Waals surface area contributed by atoms with Gasteiger partial charge in [0.05, 0.1) is 30.1 Å². The first kappa shape index (κ1) is 18.4. The maximum absolute atomic E-state index is 12.6. The number of nitrogens with zero attached hydrogens (tertiary/aromatic N) is 3. The molecule has 0 bridgehead atoms. The smallest absolute Gasteiger partial charge is 0.259 e. The minimum absolute atomic E-state index is 0.206. The number of ether oxygens (including phenoxy) is 2. The second-order valence-electron chi connectivity index (χ2n) is 6.69. The molecule has 1 aromatic carbocycles. The van der Waals surface area contributed by atoms with Crippen LogP contribution in [0.5, 0.6) is 5.75 Å². The summed E-state index contributed by atoms with van der Waals surface area (Å²) in [5.41, 5.74) is 1.18. The summed E-state index contributed by atoms with van der Waals surface area (Å²) >= 11 is 0. The molecule has 1 saturated heterocycles. The van der Waals surface area contributed by atoms with Gasteiger partial charge in [-0.2, -0.15) is 5.10 Å². The van der Waals surface area contributed by atoms with E-state index in [4.69, 9.17) is 9.47 Å². The molecule has 2 aromatic rings. The molecule has 7 heteroatoms. The Bertz CT molecular complexity index is 723. The fourth-order valence-electron chi connectivity index (χ4n) is 2.84. The Hall–Kier alpha value is -2.38. The number of anilines is 1. The lowest BCUT2D eigenvalue weighted by molar-refractivity contribution is 0.0940. The van der Waals surface area contributed by atoms with Crippen molar-refractivity contribution in [3.05, 3.63) is 42.2 Å². The van der Waals surface area contributed by atoms with E-state index in [-0.39, 0.29) is 12.0 Å². The number of nitrogens with one attached hydrogen (secondary N) is 1. The van der Waals surface area contributed by atoms with Gasteiger partial charge in [-0.05, 0) is 39.1 Å². The van der Waals surface area contributed by atoms with Crippen molar-refractivity contribution in [1.29, 1.82) is 0 Å². The molecule has 1 atom stereocenters. The van der Waals surface area contributed by atoms with Gasteiger partial charge in [0.25, 0.3) is 5.91 Å². The van der Waals surface area contributed by atoms with Crippen LogP contribution in [0.3, 0.4) is 0 Å². The molecule has 3 rings (SSSR count). The second kappa shape index (κ2) is 8.82. The highest BCUT2D eigenvalue weighted by Gasteiger charge is 2.17.